The van der Waals surface area contributed by atoms with Gasteiger partial charge in [-0.15, -0.1) is 0 Å². The molecule has 2 N–H and O–H groups in total. The Kier molecular flexibility index (Phi) is 4.40. The molecule has 2 nitrogen and oxygen atoms in total. The van der Waals surface area contributed by atoms with Crippen molar-refractivity contribution < 1.29 is 17.9 Å². The van der Waals surface area contributed by atoms with Crippen LogP contribution in [0.1, 0.15) is 37.4 Å². The van der Waals surface area contributed by atoms with Crippen LogP contribution in [0, 0.1) is 0 Å². The predicted molar refractivity (Wildman–Crippen MR) is 59.8 cm³/mol. The first-order valence-electron chi connectivity index (χ1n) is 5.45. The van der Waals surface area contributed by atoms with Gasteiger partial charge in [0.05, 0.1) is 12.2 Å². The van der Waals surface area contributed by atoms with Gasteiger partial charge in [0.2, 0.25) is 0 Å². The van der Waals surface area contributed by atoms with Crippen molar-refractivity contribution in [3.63, 3.8) is 0 Å². The Morgan fingerprint density at radius 3 is 2.47 bits per heavy atom. The van der Waals surface area contributed by atoms with Crippen molar-refractivity contribution in [1.82, 2.24) is 0 Å². The molecule has 1 aromatic rings. The first kappa shape index (κ1) is 13.8. The molecule has 0 amide bonds. The molecule has 0 fully saturated rings. The zero-order valence-corrected chi connectivity index (χ0v) is 9.84. The summed E-state index contributed by atoms with van der Waals surface area (Å²) in [6.45, 7) is 4.02. The summed E-state index contributed by atoms with van der Waals surface area (Å²) in [7, 11) is 0. The number of nitrogens with two attached hydrogens (primary N) is 1. The minimum Gasteiger partial charge on any atom is -0.493 e. The van der Waals surface area contributed by atoms with Gasteiger partial charge in [0.15, 0.2) is 0 Å². The molecule has 1 rings (SSSR count). The quantitative estimate of drug-likeness (QED) is 0.883. The van der Waals surface area contributed by atoms with E-state index in [-0.39, 0.29) is 0 Å². The van der Waals surface area contributed by atoms with Crippen molar-refractivity contribution in [2.75, 3.05) is 6.61 Å². The Balaban J connectivity index is 3.08. The van der Waals surface area contributed by atoms with Crippen molar-refractivity contribution in [2.24, 2.45) is 5.73 Å². The molecule has 0 aliphatic carbocycles. The van der Waals surface area contributed by atoms with Gasteiger partial charge in [-0.05, 0) is 31.5 Å². The molecule has 1 unspecified atom stereocenters. The molecule has 96 valence electrons. The summed E-state index contributed by atoms with van der Waals surface area (Å²) in [5, 5.41) is 0. The monoisotopic (exact) mass is 247 g/mol. The Bertz CT molecular complexity index is 375. The van der Waals surface area contributed by atoms with E-state index in [1.54, 1.807) is 6.92 Å². The number of benzene rings is 1. The van der Waals surface area contributed by atoms with E-state index in [4.69, 9.17) is 10.5 Å². The maximum Gasteiger partial charge on any atom is 0.416 e. The summed E-state index contributed by atoms with van der Waals surface area (Å²) in [5.74, 6) is 0.426. The lowest BCUT2D eigenvalue weighted by atomic mass is 10.0. The summed E-state index contributed by atoms with van der Waals surface area (Å²) < 4.78 is 43.0. The lowest BCUT2D eigenvalue weighted by Crippen LogP contribution is -2.12. The Labute approximate surface area is 98.6 Å². The van der Waals surface area contributed by atoms with Gasteiger partial charge < -0.3 is 10.5 Å². The molecular weight excluding hydrogens is 231 g/mol. The molecule has 5 heteroatoms. The second kappa shape index (κ2) is 5.40. The van der Waals surface area contributed by atoms with Gasteiger partial charge in [-0.25, -0.2) is 0 Å². The molecule has 0 radical (unpaired) electrons. The fraction of sp³-hybridized carbons (Fsp3) is 0.500. The highest BCUT2D eigenvalue weighted by molar-refractivity contribution is 5.40. The van der Waals surface area contributed by atoms with Crippen molar-refractivity contribution in [3.8, 4) is 5.75 Å². The number of alkyl halides is 3. The third kappa shape index (κ3) is 3.63. The predicted octanol–water partition coefficient (Wildman–Crippen LogP) is 3.51. The van der Waals surface area contributed by atoms with Crippen molar-refractivity contribution in [2.45, 2.75) is 32.5 Å². The lowest BCUT2D eigenvalue weighted by Gasteiger charge is -2.16. The maximum atomic E-state index is 12.5. The third-order valence-electron chi connectivity index (χ3n) is 2.29. The van der Waals surface area contributed by atoms with Crippen LogP contribution in [-0.4, -0.2) is 6.61 Å². The molecule has 1 aromatic carbocycles. The van der Waals surface area contributed by atoms with E-state index in [0.717, 1.165) is 18.6 Å². The molecule has 0 heterocycles. The van der Waals surface area contributed by atoms with Crippen LogP contribution in [0.2, 0.25) is 0 Å². The van der Waals surface area contributed by atoms with E-state index in [9.17, 15) is 13.2 Å². The van der Waals surface area contributed by atoms with Crippen LogP contribution < -0.4 is 10.5 Å². The highest BCUT2D eigenvalue weighted by Crippen LogP contribution is 2.34. The number of hydrogen-bond acceptors (Lipinski definition) is 2. The van der Waals surface area contributed by atoms with E-state index < -0.39 is 17.8 Å². The van der Waals surface area contributed by atoms with E-state index >= 15 is 0 Å². The van der Waals surface area contributed by atoms with Crippen molar-refractivity contribution in [3.05, 3.63) is 29.3 Å². The zero-order chi connectivity index (χ0) is 13.1. The fourth-order valence-electron chi connectivity index (χ4n) is 1.42. The summed E-state index contributed by atoms with van der Waals surface area (Å²) in [5.41, 5.74) is 5.33. The number of hydrogen-bond donors (Lipinski definition) is 1. The molecule has 17 heavy (non-hydrogen) atoms. The highest BCUT2D eigenvalue weighted by Gasteiger charge is 2.31. The van der Waals surface area contributed by atoms with Gasteiger partial charge in [-0.1, -0.05) is 6.92 Å². The molecule has 0 saturated heterocycles. The maximum absolute atomic E-state index is 12.5. The second-order valence-electron chi connectivity index (χ2n) is 3.89. The third-order valence-corrected chi connectivity index (χ3v) is 2.29. The Morgan fingerprint density at radius 1 is 1.35 bits per heavy atom. The molecule has 0 bridgehead atoms. The average Bonchev–Trinajstić information content (AvgIpc) is 2.24. The molecule has 0 aliphatic rings. The zero-order valence-electron chi connectivity index (χ0n) is 9.84. The number of ether oxygens (including phenoxy) is 1. The van der Waals surface area contributed by atoms with Crippen LogP contribution in [0.15, 0.2) is 18.2 Å². The average molecular weight is 247 g/mol. The largest absolute Gasteiger partial charge is 0.493 e. The molecule has 0 aromatic heterocycles. The van der Waals surface area contributed by atoms with E-state index in [0.29, 0.717) is 17.9 Å². The van der Waals surface area contributed by atoms with Crippen LogP contribution >= 0.6 is 0 Å². The van der Waals surface area contributed by atoms with Crippen molar-refractivity contribution >= 4 is 0 Å². The van der Waals surface area contributed by atoms with Crippen molar-refractivity contribution in [1.29, 1.82) is 0 Å². The summed E-state index contributed by atoms with van der Waals surface area (Å²) >= 11 is 0. The summed E-state index contributed by atoms with van der Waals surface area (Å²) in [6, 6.07) is 2.90. The smallest absolute Gasteiger partial charge is 0.416 e. The molecule has 0 spiro atoms. The minimum absolute atomic E-state index is 0.383. The minimum atomic E-state index is -4.35. The van der Waals surface area contributed by atoms with E-state index in [2.05, 4.69) is 0 Å². The number of rotatable bonds is 4. The Hall–Kier alpha value is -1.23. The van der Waals surface area contributed by atoms with Gasteiger partial charge in [0, 0.05) is 11.6 Å². The van der Waals surface area contributed by atoms with Gasteiger partial charge >= 0.3 is 6.18 Å². The second-order valence-corrected chi connectivity index (χ2v) is 3.89. The topological polar surface area (TPSA) is 35.2 Å². The molecule has 0 saturated carbocycles. The van der Waals surface area contributed by atoms with Gasteiger partial charge in [0.25, 0.3) is 0 Å². The van der Waals surface area contributed by atoms with Crippen LogP contribution in [0.5, 0.6) is 5.75 Å². The van der Waals surface area contributed by atoms with E-state index in [1.807, 2.05) is 6.92 Å². The van der Waals surface area contributed by atoms with E-state index in [1.165, 1.54) is 6.07 Å². The number of halogens is 3. The van der Waals surface area contributed by atoms with Gasteiger partial charge in [-0.3, -0.25) is 0 Å². The van der Waals surface area contributed by atoms with Crippen LogP contribution in [0.25, 0.3) is 0 Å². The molecular formula is C12H16F3NO. The normalized spacial score (nSPS) is 13.5. The lowest BCUT2D eigenvalue weighted by molar-refractivity contribution is -0.137. The van der Waals surface area contributed by atoms with Crippen LogP contribution in [-0.2, 0) is 6.18 Å². The first-order chi connectivity index (χ1) is 7.86. The summed E-state index contributed by atoms with van der Waals surface area (Å²) in [6.07, 6.45) is -3.56. The standard InChI is InChI=1S/C12H16F3NO/c1-3-6-17-11-5-4-9(12(13,14)15)7-10(11)8(2)16/h4-5,7-8H,3,6,16H2,1-2H3. The van der Waals surface area contributed by atoms with Gasteiger partial charge in [0.1, 0.15) is 5.75 Å². The van der Waals surface area contributed by atoms with Gasteiger partial charge in [-0.2, -0.15) is 13.2 Å². The molecule has 0 aliphatic heterocycles. The molecule has 1 atom stereocenters. The van der Waals surface area contributed by atoms with Crippen LogP contribution in [0.4, 0.5) is 13.2 Å². The first-order valence-corrected chi connectivity index (χ1v) is 5.45. The fourth-order valence-corrected chi connectivity index (χ4v) is 1.42. The van der Waals surface area contributed by atoms with Crippen LogP contribution in [0.3, 0.4) is 0 Å². The highest BCUT2D eigenvalue weighted by atomic mass is 19.4. The summed E-state index contributed by atoms with van der Waals surface area (Å²) in [4.78, 5) is 0. The Morgan fingerprint density at radius 2 is 2.00 bits per heavy atom. The SMILES string of the molecule is CCCOc1ccc(C(F)(F)F)cc1C(C)N.